The van der Waals surface area contributed by atoms with Crippen LogP contribution in [0.3, 0.4) is 0 Å². The van der Waals surface area contributed by atoms with Crippen molar-refractivity contribution in [1.82, 2.24) is 5.32 Å². The van der Waals surface area contributed by atoms with Gasteiger partial charge in [-0.05, 0) is 12.0 Å². The summed E-state index contributed by atoms with van der Waals surface area (Å²) in [5, 5.41) is 2.57. The summed E-state index contributed by atoms with van der Waals surface area (Å²) in [4.78, 5) is 22.5. The molecule has 0 aliphatic carbocycles. The predicted octanol–water partition coefficient (Wildman–Crippen LogP) is 3.41. The second-order valence-electron chi connectivity index (χ2n) is 3.97. The first-order chi connectivity index (χ1) is 8.61. The SMILES string of the molecule is CC(I)CC(C=O)NC(=O)SCc1ccccc1. The van der Waals surface area contributed by atoms with Gasteiger partial charge in [0.15, 0.2) is 0 Å². The minimum Gasteiger partial charge on any atom is -0.337 e. The normalized spacial score (nSPS) is 13.7. The molecule has 1 aromatic carbocycles. The maximum Gasteiger partial charge on any atom is 0.279 e. The molecule has 5 heteroatoms. The summed E-state index contributed by atoms with van der Waals surface area (Å²) in [6, 6.07) is 9.40. The van der Waals surface area contributed by atoms with Crippen LogP contribution >= 0.6 is 34.4 Å². The largest absolute Gasteiger partial charge is 0.337 e. The van der Waals surface area contributed by atoms with Crippen LogP contribution in [0.5, 0.6) is 0 Å². The zero-order valence-electron chi connectivity index (χ0n) is 10.1. The Morgan fingerprint density at radius 3 is 2.67 bits per heavy atom. The predicted molar refractivity (Wildman–Crippen MR) is 84.2 cm³/mol. The lowest BCUT2D eigenvalue weighted by atomic mass is 10.2. The number of amides is 1. The highest BCUT2D eigenvalue weighted by molar-refractivity contribution is 14.1. The number of rotatable bonds is 6. The van der Waals surface area contributed by atoms with E-state index in [0.29, 0.717) is 16.1 Å². The highest BCUT2D eigenvalue weighted by Crippen LogP contribution is 2.13. The van der Waals surface area contributed by atoms with E-state index in [4.69, 9.17) is 0 Å². The molecule has 0 saturated carbocycles. The highest BCUT2D eigenvalue weighted by atomic mass is 127. The molecule has 2 unspecified atom stereocenters. The van der Waals surface area contributed by atoms with E-state index in [1.54, 1.807) is 0 Å². The maximum absolute atomic E-state index is 11.7. The number of aldehydes is 1. The topological polar surface area (TPSA) is 46.2 Å². The van der Waals surface area contributed by atoms with E-state index < -0.39 is 0 Å². The van der Waals surface area contributed by atoms with Crippen molar-refractivity contribution < 1.29 is 9.59 Å². The van der Waals surface area contributed by atoms with E-state index >= 15 is 0 Å². The van der Waals surface area contributed by atoms with Crippen LogP contribution in [-0.4, -0.2) is 21.5 Å². The van der Waals surface area contributed by atoms with Gasteiger partial charge in [0.1, 0.15) is 6.29 Å². The Hall–Kier alpha value is -0.560. The Labute approximate surface area is 125 Å². The Balaban J connectivity index is 2.34. The van der Waals surface area contributed by atoms with Gasteiger partial charge in [-0.2, -0.15) is 0 Å². The molecular weight excluding hydrogens is 361 g/mol. The maximum atomic E-state index is 11.7. The molecule has 1 amide bonds. The van der Waals surface area contributed by atoms with Gasteiger partial charge in [0.05, 0.1) is 6.04 Å². The molecule has 1 N–H and O–H groups in total. The van der Waals surface area contributed by atoms with Crippen LogP contribution in [0.15, 0.2) is 30.3 Å². The number of thioether (sulfide) groups is 1. The monoisotopic (exact) mass is 377 g/mol. The van der Waals surface area contributed by atoms with Gasteiger partial charge in [-0.1, -0.05) is 71.6 Å². The zero-order chi connectivity index (χ0) is 13.4. The van der Waals surface area contributed by atoms with Crippen molar-refractivity contribution in [2.24, 2.45) is 0 Å². The van der Waals surface area contributed by atoms with Crippen LogP contribution in [0.25, 0.3) is 0 Å². The second-order valence-corrected chi connectivity index (χ2v) is 7.04. The second kappa shape index (κ2) is 8.53. The van der Waals surface area contributed by atoms with E-state index in [1.807, 2.05) is 37.3 Å². The molecule has 0 aliphatic rings. The first kappa shape index (κ1) is 15.5. The summed E-state index contributed by atoms with van der Waals surface area (Å²) >= 11 is 3.43. The van der Waals surface area contributed by atoms with Crippen molar-refractivity contribution in [3.05, 3.63) is 35.9 Å². The molecule has 0 heterocycles. The molecule has 1 rings (SSSR count). The summed E-state index contributed by atoms with van der Waals surface area (Å²) < 4.78 is 0.359. The number of benzene rings is 1. The minimum absolute atomic E-state index is 0.145. The third-order valence-electron chi connectivity index (χ3n) is 2.26. The van der Waals surface area contributed by atoms with Gasteiger partial charge in [-0.3, -0.25) is 4.79 Å². The number of hydrogen-bond donors (Lipinski definition) is 1. The molecule has 0 bridgehead atoms. The van der Waals surface area contributed by atoms with Crippen LogP contribution in [0.2, 0.25) is 0 Å². The summed E-state index contributed by atoms with van der Waals surface area (Å²) in [5.41, 5.74) is 1.10. The Kier molecular flexibility index (Phi) is 7.34. The van der Waals surface area contributed by atoms with E-state index in [2.05, 4.69) is 27.9 Å². The molecule has 1 aromatic rings. The zero-order valence-corrected chi connectivity index (χ0v) is 13.1. The Bertz CT molecular complexity index is 384. The summed E-state index contributed by atoms with van der Waals surface area (Å²) in [7, 11) is 0. The highest BCUT2D eigenvalue weighted by Gasteiger charge is 2.13. The van der Waals surface area contributed by atoms with Crippen LogP contribution in [0.1, 0.15) is 18.9 Å². The third kappa shape index (κ3) is 6.39. The number of carbonyl (C=O) groups excluding carboxylic acids is 2. The quantitative estimate of drug-likeness (QED) is 0.470. The van der Waals surface area contributed by atoms with Gasteiger partial charge in [-0.15, -0.1) is 0 Å². The molecule has 18 heavy (non-hydrogen) atoms. The Morgan fingerprint density at radius 1 is 1.44 bits per heavy atom. The molecule has 0 aromatic heterocycles. The Morgan fingerprint density at radius 2 is 2.11 bits per heavy atom. The summed E-state index contributed by atoms with van der Waals surface area (Å²) in [6.45, 7) is 2.01. The molecule has 0 saturated heterocycles. The van der Waals surface area contributed by atoms with E-state index in [1.165, 1.54) is 11.8 Å². The van der Waals surface area contributed by atoms with Crippen LogP contribution in [0, 0.1) is 0 Å². The molecule has 0 aliphatic heterocycles. The van der Waals surface area contributed by atoms with Gasteiger partial charge >= 0.3 is 0 Å². The van der Waals surface area contributed by atoms with Crippen LogP contribution in [-0.2, 0) is 10.5 Å². The molecule has 0 spiro atoms. The van der Waals surface area contributed by atoms with Crippen molar-refractivity contribution in [3.8, 4) is 0 Å². The number of halogens is 1. The standard InChI is InChI=1S/C13H16INO2S/c1-10(14)7-12(8-16)15-13(17)18-9-11-5-3-2-4-6-11/h2-6,8,10,12H,7,9H2,1H3,(H,15,17). The summed E-state index contributed by atoms with van der Waals surface area (Å²) in [5.74, 6) is 0.623. The van der Waals surface area contributed by atoms with Crippen LogP contribution < -0.4 is 5.32 Å². The van der Waals surface area contributed by atoms with Crippen molar-refractivity contribution in [3.63, 3.8) is 0 Å². The van der Waals surface area contributed by atoms with E-state index in [-0.39, 0.29) is 11.3 Å². The fraction of sp³-hybridized carbons (Fsp3) is 0.385. The van der Waals surface area contributed by atoms with E-state index in [9.17, 15) is 9.59 Å². The first-order valence-electron chi connectivity index (χ1n) is 5.68. The van der Waals surface area contributed by atoms with Gasteiger partial charge < -0.3 is 10.1 Å². The average Bonchev–Trinajstić information content (AvgIpc) is 2.36. The number of carbonyl (C=O) groups is 2. The number of nitrogens with one attached hydrogen (secondary N) is 1. The van der Waals surface area contributed by atoms with Crippen LogP contribution in [0.4, 0.5) is 4.79 Å². The van der Waals surface area contributed by atoms with Crippen molar-refractivity contribution in [2.45, 2.75) is 29.1 Å². The lowest BCUT2D eigenvalue weighted by Gasteiger charge is -2.13. The lowest BCUT2D eigenvalue weighted by molar-refractivity contribution is -0.109. The third-order valence-corrected chi connectivity index (χ3v) is 3.63. The average molecular weight is 377 g/mol. The smallest absolute Gasteiger partial charge is 0.279 e. The molecular formula is C13H16INO2S. The fourth-order valence-corrected chi connectivity index (χ4v) is 2.69. The summed E-state index contributed by atoms with van der Waals surface area (Å²) in [6.07, 6.45) is 1.47. The molecule has 0 fully saturated rings. The van der Waals surface area contributed by atoms with Crippen molar-refractivity contribution >= 4 is 45.9 Å². The molecule has 98 valence electrons. The molecule has 0 radical (unpaired) electrons. The lowest BCUT2D eigenvalue weighted by Crippen LogP contribution is -2.35. The van der Waals surface area contributed by atoms with Gasteiger partial charge in [0.25, 0.3) is 5.24 Å². The molecule has 2 atom stereocenters. The fourth-order valence-electron chi connectivity index (χ4n) is 1.41. The number of alkyl halides is 1. The molecule has 3 nitrogen and oxygen atoms in total. The van der Waals surface area contributed by atoms with Gasteiger partial charge in [0.2, 0.25) is 0 Å². The number of hydrogen-bond acceptors (Lipinski definition) is 3. The van der Waals surface area contributed by atoms with Crippen molar-refractivity contribution in [2.75, 3.05) is 0 Å². The first-order valence-corrected chi connectivity index (χ1v) is 7.91. The van der Waals surface area contributed by atoms with Gasteiger partial charge in [0, 0.05) is 9.68 Å². The van der Waals surface area contributed by atoms with Crippen molar-refractivity contribution in [1.29, 1.82) is 0 Å². The van der Waals surface area contributed by atoms with E-state index in [0.717, 1.165) is 11.8 Å². The minimum atomic E-state index is -0.382. The van der Waals surface area contributed by atoms with Gasteiger partial charge in [-0.25, -0.2) is 0 Å².